The van der Waals surface area contributed by atoms with Crippen LogP contribution in [0.2, 0.25) is 0 Å². The van der Waals surface area contributed by atoms with E-state index < -0.39 is 18.5 Å². The number of halogens is 4. The second-order valence-corrected chi connectivity index (χ2v) is 4.06. The summed E-state index contributed by atoms with van der Waals surface area (Å²) < 4.78 is 42.6. The number of hydrogen-bond donors (Lipinski definition) is 1. The van der Waals surface area contributed by atoms with E-state index in [1.54, 1.807) is 6.07 Å². The van der Waals surface area contributed by atoms with Crippen molar-refractivity contribution < 1.29 is 22.7 Å². The summed E-state index contributed by atoms with van der Waals surface area (Å²) in [6.07, 6.45) is -4.55. The van der Waals surface area contributed by atoms with Gasteiger partial charge in [0.1, 0.15) is 12.4 Å². The molecule has 2 rings (SSSR count). The van der Waals surface area contributed by atoms with E-state index in [4.69, 9.17) is 5.11 Å². The van der Waals surface area contributed by atoms with Crippen LogP contribution in [-0.4, -0.2) is 5.11 Å². The molecule has 0 unspecified atom stereocenters. The first-order valence-corrected chi connectivity index (χ1v) is 5.11. The molecule has 0 saturated carbocycles. The van der Waals surface area contributed by atoms with Crippen molar-refractivity contribution in [1.82, 2.24) is 0 Å². The van der Waals surface area contributed by atoms with Gasteiger partial charge in [-0.3, -0.25) is 0 Å². The van der Waals surface area contributed by atoms with Gasteiger partial charge in [0.05, 0.1) is 0 Å². The van der Waals surface area contributed by atoms with Crippen molar-refractivity contribution >= 4 is 15.9 Å². The van der Waals surface area contributed by atoms with Gasteiger partial charge < -0.3 is 9.52 Å². The smallest absolute Gasteiger partial charge is 0.449 e. The Morgan fingerprint density at radius 3 is 2.56 bits per heavy atom. The summed E-state index contributed by atoms with van der Waals surface area (Å²) in [6.45, 7) is -0.580. The first-order chi connectivity index (χ1) is 7.43. The predicted molar refractivity (Wildman–Crippen MR) is 54.0 cm³/mol. The van der Waals surface area contributed by atoms with E-state index in [1.165, 1.54) is 6.07 Å². The van der Waals surface area contributed by atoms with Gasteiger partial charge in [-0.1, -0.05) is 22.0 Å². The van der Waals surface area contributed by atoms with E-state index in [-0.39, 0.29) is 5.76 Å². The molecule has 16 heavy (non-hydrogen) atoms. The highest BCUT2D eigenvalue weighted by molar-refractivity contribution is 9.10. The van der Waals surface area contributed by atoms with Crippen LogP contribution in [0.3, 0.4) is 0 Å². The van der Waals surface area contributed by atoms with Crippen LogP contribution in [0.15, 0.2) is 27.1 Å². The fourth-order valence-electron chi connectivity index (χ4n) is 1.49. The minimum Gasteiger partial charge on any atom is -0.453 e. The van der Waals surface area contributed by atoms with Crippen molar-refractivity contribution in [1.29, 1.82) is 0 Å². The molecule has 0 aromatic heterocycles. The second-order valence-electron chi connectivity index (χ2n) is 3.20. The molecule has 1 heterocycles. The van der Waals surface area contributed by atoms with Crippen molar-refractivity contribution in [2.75, 3.05) is 0 Å². The van der Waals surface area contributed by atoms with Crippen LogP contribution in [-0.2, 0) is 12.8 Å². The zero-order valence-electron chi connectivity index (χ0n) is 7.81. The lowest BCUT2D eigenvalue weighted by atomic mass is 10.1. The van der Waals surface area contributed by atoms with Crippen LogP contribution in [0, 0.1) is 0 Å². The van der Waals surface area contributed by atoms with E-state index in [0.717, 1.165) is 6.07 Å². The van der Waals surface area contributed by atoms with Gasteiger partial charge in [-0.15, -0.1) is 0 Å². The largest absolute Gasteiger partial charge is 0.453 e. The SMILES string of the molecule is OCc1oc(C(F)(F)F)cc2ccc(Br)c1-2. The molecule has 0 aromatic rings. The van der Waals surface area contributed by atoms with E-state index >= 15 is 0 Å². The molecule has 1 aliphatic heterocycles. The van der Waals surface area contributed by atoms with Crippen molar-refractivity contribution in [2.45, 2.75) is 12.8 Å². The number of rotatable bonds is 1. The van der Waals surface area contributed by atoms with Crippen molar-refractivity contribution in [3.05, 3.63) is 34.2 Å². The Labute approximate surface area is 97.2 Å². The molecule has 2 nitrogen and oxygen atoms in total. The Morgan fingerprint density at radius 1 is 1.31 bits per heavy atom. The third-order valence-corrected chi connectivity index (χ3v) is 2.82. The van der Waals surface area contributed by atoms with Crippen LogP contribution in [0.1, 0.15) is 11.5 Å². The summed E-state index contributed by atoms with van der Waals surface area (Å²) in [5.74, 6) is -1.20. The van der Waals surface area contributed by atoms with Crippen molar-refractivity contribution in [3.8, 4) is 11.1 Å². The zero-order chi connectivity index (χ0) is 11.9. The van der Waals surface area contributed by atoms with E-state index in [9.17, 15) is 13.2 Å². The molecule has 0 fully saturated rings. The fraction of sp³-hybridized carbons (Fsp3) is 0.200. The maximum absolute atomic E-state index is 12.5. The average Bonchev–Trinajstić information content (AvgIpc) is 2.58. The third-order valence-electron chi connectivity index (χ3n) is 2.16. The van der Waals surface area contributed by atoms with Crippen LogP contribution >= 0.6 is 15.9 Å². The van der Waals surface area contributed by atoms with Gasteiger partial charge in [-0.2, -0.15) is 13.2 Å². The molecule has 0 radical (unpaired) electrons. The summed E-state index contributed by atoms with van der Waals surface area (Å²) >= 11 is 3.18. The van der Waals surface area contributed by atoms with E-state index in [1.807, 2.05) is 0 Å². The summed E-state index contributed by atoms with van der Waals surface area (Å²) in [5.41, 5.74) is 0.852. The van der Waals surface area contributed by atoms with Crippen molar-refractivity contribution in [2.24, 2.45) is 0 Å². The normalized spacial score (nSPS) is 12.3. The first-order valence-electron chi connectivity index (χ1n) is 4.32. The number of alkyl halides is 3. The average molecular weight is 295 g/mol. The van der Waals surface area contributed by atoms with Gasteiger partial charge in [-0.05, 0) is 17.7 Å². The third kappa shape index (κ3) is 1.82. The molecule has 2 aliphatic rings. The van der Waals surface area contributed by atoms with Crippen LogP contribution in [0.5, 0.6) is 0 Å². The Morgan fingerprint density at radius 2 is 2.00 bits per heavy atom. The fourth-order valence-corrected chi connectivity index (χ4v) is 2.07. The highest BCUT2D eigenvalue weighted by Crippen LogP contribution is 2.40. The lowest BCUT2D eigenvalue weighted by molar-refractivity contribution is -0.154. The molecule has 1 aliphatic carbocycles. The number of fused-ring (bicyclic) bond motifs is 1. The van der Waals surface area contributed by atoms with Crippen LogP contribution in [0.25, 0.3) is 11.1 Å². The molecule has 0 amide bonds. The lowest BCUT2D eigenvalue weighted by Crippen LogP contribution is -2.06. The number of aliphatic hydroxyl groups excluding tert-OH is 1. The maximum Gasteiger partial charge on any atom is 0.449 e. The Hall–Kier alpha value is -1.01. The summed E-state index contributed by atoms with van der Waals surface area (Å²) in [5, 5.41) is 8.99. The standard InChI is InChI=1S/C10H6BrF3O2/c11-6-2-1-5-3-8(10(12,13)14)16-7(4-15)9(5)6/h1-3,15H,4H2. The number of hydrogen-bond acceptors (Lipinski definition) is 2. The van der Waals surface area contributed by atoms with Crippen molar-refractivity contribution in [3.63, 3.8) is 0 Å². The molecule has 0 saturated heterocycles. The highest BCUT2D eigenvalue weighted by Gasteiger charge is 2.36. The topological polar surface area (TPSA) is 33.4 Å². The van der Waals surface area contributed by atoms with Crippen LogP contribution in [0.4, 0.5) is 13.2 Å². The zero-order valence-corrected chi connectivity index (χ0v) is 9.39. The quantitative estimate of drug-likeness (QED) is 0.871. The van der Waals surface area contributed by atoms with Gasteiger partial charge >= 0.3 is 6.18 Å². The molecule has 86 valence electrons. The molecule has 6 heteroatoms. The Kier molecular flexibility index (Phi) is 2.71. The van der Waals surface area contributed by atoms with Gasteiger partial charge in [0.25, 0.3) is 0 Å². The Balaban J connectivity index is 2.69. The van der Waals surface area contributed by atoms with Gasteiger partial charge in [-0.25, -0.2) is 0 Å². The van der Waals surface area contributed by atoms with Gasteiger partial charge in [0.15, 0.2) is 0 Å². The molecule has 1 N–H and O–H groups in total. The lowest BCUT2D eigenvalue weighted by Gasteiger charge is -2.11. The van der Waals surface area contributed by atoms with Gasteiger partial charge in [0.2, 0.25) is 5.76 Å². The Bertz CT molecular complexity index is 490. The summed E-state index contributed by atoms with van der Waals surface area (Å²) in [7, 11) is 0. The molecule has 0 spiro atoms. The summed E-state index contributed by atoms with van der Waals surface area (Å²) in [6, 6.07) is 4.06. The minimum atomic E-state index is -4.55. The number of aliphatic hydroxyl groups is 1. The maximum atomic E-state index is 12.5. The van der Waals surface area contributed by atoms with E-state index in [2.05, 4.69) is 20.3 Å². The highest BCUT2D eigenvalue weighted by atomic mass is 79.9. The first kappa shape index (κ1) is 11.5. The monoisotopic (exact) mass is 294 g/mol. The van der Waals surface area contributed by atoms with Crippen LogP contribution < -0.4 is 0 Å². The molecular weight excluding hydrogens is 289 g/mol. The molecular formula is C10H6BrF3O2. The molecule has 0 atom stereocenters. The predicted octanol–water partition coefficient (Wildman–Crippen LogP) is 3.66. The van der Waals surface area contributed by atoms with Gasteiger partial charge in [0, 0.05) is 10.0 Å². The summed E-state index contributed by atoms with van der Waals surface area (Å²) in [4.78, 5) is 0. The minimum absolute atomic E-state index is 0.0956. The second kappa shape index (κ2) is 3.78. The van der Waals surface area contributed by atoms with E-state index in [0.29, 0.717) is 15.6 Å². The molecule has 0 bridgehead atoms. The molecule has 0 aromatic carbocycles.